The van der Waals surface area contributed by atoms with Gasteiger partial charge >= 0.3 is 0 Å². The molecule has 2 aromatic rings. The van der Waals surface area contributed by atoms with E-state index in [9.17, 15) is 4.79 Å². The number of rotatable bonds is 3. The monoisotopic (exact) mass is 255 g/mol. The summed E-state index contributed by atoms with van der Waals surface area (Å²) in [4.78, 5) is 19.3. The van der Waals surface area contributed by atoms with Gasteiger partial charge in [0.1, 0.15) is 5.69 Å². The highest BCUT2D eigenvalue weighted by Crippen LogP contribution is 2.05. The van der Waals surface area contributed by atoms with Crippen molar-refractivity contribution in [3.63, 3.8) is 0 Å². The van der Waals surface area contributed by atoms with Gasteiger partial charge in [-0.05, 0) is 22.4 Å². The lowest BCUT2D eigenvalue weighted by molar-refractivity contribution is 0.0945. The van der Waals surface area contributed by atoms with Crippen molar-refractivity contribution < 1.29 is 4.79 Å². The van der Waals surface area contributed by atoms with E-state index in [2.05, 4.69) is 15.3 Å². The average molecular weight is 256 g/mol. The van der Waals surface area contributed by atoms with Gasteiger partial charge in [-0.25, -0.2) is 4.98 Å². The predicted octanol–water partition coefficient (Wildman–Crippen LogP) is 1.89. The fourth-order valence-corrected chi connectivity index (χ4v) is 1.75. The summed E-state index contributed by atoms with van der Waals surface area (Å²) in [6, 6.07) is 1.97. The van der Waals surface area contributed by atoms with Gasteiger partial charge < -0.3 is 5.32 Å². The van der Waals surface area contributed by atoms with Crippen molar-refractivity contribution in [2.75, 3.05) is 0 Å². The number of nitrogens with zero attached hydrogens (tertiary/aromatic N) is 2. The molecular formula is C10H10ClN3OS. The first kappa shape index (κ1) is 12.6. The van der Waals surface area contributed by atoms with Crippen molar-refractivity contribution in [1.82, 2.24) is 15.3 Å². The maximum atomic E-state index is 11.5. The zero-order chi connectivity index (χ0) is 10.5. The second kappa shape index (κ2) is 6.19. The lowest BCUT2D eigenvalue weighted by atomic mass is 10.3. The molecule has 84 valence electrons. The molecule has 16 heavy (non-hydrogen) atoms. The van der Waals surface area contributed by atoms with Crippen LogP contribution in [-0.4, -0.2) is 15.9 Å². The SMILES string of the molecule is Cl.O=C(NCc1ccsc1)c1cnccn1. The van der Waals surface area contributed by atoms with E-state index in [0.717, 1.165) is 5.56 Å². The van der Waals surface area contributed by atoms with Gasteiger partial charge in [0.2, 0.25) is 0 Å². The third-order valence-corrected chi connectivity index (χ3v) is 2.56. The first-order chi connectivity index (χ1) is 7.36. The van der Waals surface area contributed by atoms with Crippen molar-refractivity contribution in [2.24, 2.45) is 0 Å². The van der Waals surface area contributed by atoms with Crippen LogP contribution in [0.15, 0.2) is 35.4 Å². The van der Waals surface area contributed by atoms with Crippen molar-refractivity contribution >= 4 is 29.7 Å². The van der Waals surface area contributed by atoms with Crippen LogP contribution < -0.4 is 5.32 Å². The smallest absolute Gasteiger partial charge is 0.271 e. The van der Waals surface area contributed by atoms with E-state index >= 15 is 0 Å². The Labute approximate surface area is 103 Å². The molecule has 1 N–H and O–H groups in total. The van der Waals surface area contributed by atoms with Gasteiger partial charge in [-0.1, -0.05) is 0 Å². The molecule has 0 atom stereocenters. The van der Waals surface area contributed by atoms with E-state index in [1.54, 1.807) is 11.3 Å². The number of thiophene rings is 1. The molecule has 0 spiro atoms. The molecular weight excluding hydrogens is 246 g/mol. The number of amides is 1. The normalized spacial score (nSPS) is 9.25. The number of carbonyl (C=O) groups excluding carboxylic acids is 1. The molecule has 2 rings (SSSR count). The number of nitrogens with one attached hydrogen (secondary N) is 1. The summed E-state index contributed by atoms with van der Waals surface area (Å²) in [5.41, 5.74) is 1.44. The zero-order valence-electron chi connectivity index (χ0n) is 8.29. The maximum Gasteiger partial charge on any atom is 0.271 e. The molecule has 0 radical (unpaired) electrons. The third-order valence-electron chi connectivity index (χ3n) is 1.83. The molecule has 2 aromatic heterocycles. The molecule has 0 fully saturated rings. The van der Waals surface area contributed by atoms with Crippen LogP contribution in [0.3, 0.4) is 0 Å². The van der Waals surface area contributed by atoms with Crippen LogP contribution in [0, 0.1) is 0 Å². The van der Waals surface area contributed by atoms with E-state index in [4.69, 9.17) is 0 Å². The average Bonchev–Trinajstić information content (AvgIpc) is 2.80. The van der Waals surface area contributed by atoms with Crippen LogP contribution in [0.4, 0.5) is 0 Å². The first-order valence-corrected chi connectivity index (χ1v) is 5.36. The number of hydrogen-bond acceptors (Lipinski definition) is 4. The zero-order valence-corrected chi connectivity index (χ0v) is 9.92. The van der Waals surface area contributed by atoms with Crippen molar-refractivity contribution in [1.29, 1.82) is 0 Å². The third kappa shape index (κ3) is 3.29. The van der Waals surface area contributed by atoms with Gasteiger partial charge in [0, 0.05) is 18.9 Å². The van der Waals surface area contributed by atoms with Gasteiger partial charge in [-0.3, -0.25) is 9.78 Å². The van der Waals surface area contributed by atoms with Crippen molar-refractivity contribution in [3.8, 4) is 0 Å². The molecule has 4 nitrogen and oxygen atoms in total. The largest absolute Gasteiger partial charge is 0.347 e. The van der Waals surface area contributed by atoms with Crippen molar-refractivity contribution in [3.05, 3.63) is 46.7 Å². The second-order valence-electron chi connectivity index (χ2n) is 2.90. The number of hydrogen-bond donors (Lipinski definition) is 1. The molecule has 0 aromatic carbocycles. The Bertz CT molecular complexity index is 433. The van der Waals surface area contributed by atoms with Gasteiger partial charge in [0.05, 0.1) is 6.20 Å². The molecule has 0 bridgehead atoms. The van der Waals surface area contributed by atoms with E-state index < -0.39 is 0 Å². The maximum absolute atomic E-state index is 11.5. The number of halogens is 1. The molecule has 0 aliphatic carbocycles. The summed E-state index contributed by atoms with van der Waals surface area (Å²) in [5.74, 6) is -0.200. The molecule has 0 unspecified atom stereocenters. The van der Waals surface area contributed by atoms with Crippen LogP contribution in [0.25, 0.3) is 0 Å². The summed E-state index contributed by atoms with van der Waals surface area (Å²) < 4.78 is 0. The van der Waals surface area contributed by atoms with Crippen LogP contribution in [0.1, 0.15) is 16.1 Å². The topological polar surface area (TPSA) is 54.9 Å². The quantitative estimate of drug-likeness (QED) is 0.911. The van der Waals surface area contributed by atoms with Gasteiger partial charge in [-0.2, -0.15) is 11.3 Å². The second-order valence-corrected chi connectivity index (χ2v) is 3.68. The minimum Gasteiger partial charge on any atom is -0.347 e. The van der Waals surface area contributed by atoms with Gasteiger partial charge in [0.15, 0.2) is 0 Å². The first-order valence-electron chi connectivity index (χ1n) is 4.41. The summed E-state index contributed by atoms with van der Waals surface area (Å²) in [5, 5.41) is 6.74. The fraction of sp³-hybridized carbons (Fsp3) is 0.100. The highest BCUT2D eigenvalue weighted by Gasteiger charge is 2.05. The highest BCUT2D eigenvalue weighted by molar-refractivity contribution is 7.07. The molecule has 6 heteroatoms. The van der Waals surface area contributed by atoms with Crippen LogP contribution in [0.5, 0.6) is 0 Å². The van der Waals surface area contributed by atoms with Gasteiger partial charge in [-0.15, -0.1) is 12.4 Å². The molecule has 0 saturated carbocycles. The molecule has 0 aliphatic heterocycles. The lowest BCUT2D eigenvalue weighted by Gasteiger charge is -2.01. The van der Waals surface area contributed by atoms with E-state index in [0.29, 0.717) is 12.2 Å². The fourth-order valence-electron chi connectivity index (χ4n) is 1.08. The summed E-state index contributed by atoms with van der Waals surface area (Å²) in [6.07, 6.45) is 4.48. The van der Waals surface area contributed by atoms with Crippen LogP contribution in [-0.2, 0) is 6.54 Å². The minimum absolute atomic E-state index is 0. The number of aromatic nitrogens is 2. The Morgan fingerprint density at radius 2 is 2.31 bits per heavy atom. The van der Waals surface area contributed by atoms with Gasteiger partial charge in [0.25, 0.3) is 5.91 Å². The van der Waals surface area contributed by atoms with Crippen LogP contribution >= 0.6 is 23.7 Å². The number of carbonyl (C=O) groups is 1. The lowest BCUT2D eigenvalue weighted by Crippen LogP contribution is -2.23. The molecule has 2 heterocycles. The van der Waals surface area contributed by atoms with Crippen molar-refractivity contribution in [2.45, 2.75) is 6.54 Å². The van der Waals surface area contributed by atoms with E-state index in [-0.39, 0.29) is 18.3 Å². The Hall–Kier alpha value is -1.46. The standard InChI is InChI=1S/C10H9N3OS.ClH/c14-10(9-6-11-2-3-12-9)13-5-8-1-4-15-7-8;/h1-4,6-7H,5H2,(H,13,14);1H. The summed E-state index contributed by atoms with van der Waals surface area (Å²) in [6.45, 7) is 0.527. The Morgan fingerprint density at radius 3 is 2.94 bits per heavy atom. The summed E-state index contributed by atoms with van der Waals surface area (Å²) >= 11 is 1.61. The molecule has 1 amide bonds. The van der Waals surface area contributed by atoms with Crippen LogP contribution in [0.2, 0.25) is 0 Å². The van der Waals surface area contributed by atoms with E-state index in [1.165, 1.54) is 18.6 Å². The highest BCUT2D eigenvalue weighted by atomic mass is 35.5. The molecule has 0 aliphatic rings. The Morgan fingerprint density at radius 1 is 1.44 bits per heavy atom. The van der Waals surface area contributed by atoms with E-state index in [1.807, 2.05) is 16.8 Å². The molecule has 0 saturated heterocycles. The Balaban J connectivity index is 0.00000128. The Kier molecular flexibility index (Phi) is 4.88. The minimum atomic E-state index is -0.200. The summed E-state index contributed by atoms with van der Waals surface area (Å²) in [7, 11) is 0. The predicted molar refractivity (Wildman–Crippen MR) is 64.8 cm³/mol.